The Balaban J connectivity index is 2.37. The Labute approximate surface area is 69.3 Å². The first-order chi connectivity index (χ1) is 5.24. The third-order valence-corrected chi connectivity index (χ3v) is 2.48. The third-order valence-electron chi connectivity index (χ3n) is 2.48. The first-order valence-electron chi connectivity index (χ1n) is 4.50. The fraction of sp³-hybridized carbons (Fsp3) is 0.889. The highest BCUT2D eigenvalue weighted by Gasteiger charge is 2.20. The molecule has 0 amide bonds. The lowest BCUT2D eigenvalue weighted by Gasteiger charge is -2.26. The minimum Gasteiger partial charge on any atom is -0.300 e. The van der Waals surface area contributed by atoms with Gasteiger partial charge >= 0.3 is 0 Å². The first-order valence-corrected chi connectivity index (χ1v) is 4.50. The average molecular weight is 154 g/mol. The van der Waals surface area contributed by atoms with Crippen LogP contribution in [0.25, 0.3) is 0 Å². The largest absolute Gasteiger partial charge is 0.300 e. The molecule has 0 saturated heterocycles. The third kappa shape index (κ3) is 2.21. The van der Waals surface area contributed by atoms with E-state index >= 15 is 0 Å². The summed E-state index contributed by atoms with van der Waals surface area (Å²) in [6.45, 7) is 5.28. The van der Waals surface area contributed by atoms with Gasteiger partial charge in [0, 0.05) is 19.3 Å². The highest BCUT2D eigenvalue weighted by atomic mass is 15.4. The van der Waals surface area contributed by atoms with Crippen molar-refractivity contribution in [1.82, 2.24) is 5.01 Å². The van der Waals surface area contributed by atoms with Crippen LogP contribution in [-0.2, 0) is 0 Å². The monoisotopic (exact) mass is 154 g/mol. The Bertz CT molecular complexity index is 148. The molecule has 2 nitrogen and oxygen atoms in total. The van der Waals surface area contributed by atoms with Gasteiger partial charge in [-0.15, -0.1) is 0 Å². The summed E-state index contributed by atoms with van der Waals surface area (Å²) in [6, 6.07) is 0. The summed E-state index contributed by atoms with van der Waals surface area (Å²) in [5.74, 6) is 0.795. The summed E-state index contributed by atoms with van der Waals surface area (Å²) in [7, 11) is 2.03. The Morgan fingerprint density at radius 3 is 2.55 bits per heavy atom. The molecule has 11 heavy (non-hydrogen) atoms. The van der Waals surface area contributed by atoms with Crippen LogP contribution in [0.15, 0.2) is 5.10 Å². The normalized spacial score (nSPS) is 19.7. The smallest absolute Gasteiger partial charge is 0.0380 e. The molecule has 1 rings (SSSR count). The molecule has 0 aromatic rings. The number of hydrazone groups is 1. The Morgan fingerprint density at radius 1 is 1.55 bits per heavy atom. The molecular weight excluding hydrogens is 136 g/mol. The van der Waals surface area contributed by atoms with Crippen LogP contribution in [-0.4, -0.2) is 24.3 Å². The van der Waals surface area contributed by atoms with Crippen LogP contribution >= 0.6 is 0 Å². The lowest BCUT2D eigenvalue weighted by atomic mass is 9.82. The van der Waals surface area contributed by atoms with Crippen molar-refractivity contribution in [1.29, 1.82) is 0 Å². The summed E-state index contributed by atoms with van der Waals surface area (Å²) >= 11 is 0. The van der Waals surface area contributed by atoms with E-state index in [9.17, 15) is 0 Å². The van der Waals surface area contributed by atoms with E-state index in [1.54, 1.807) is 0 Å². The van der Waals surface area contributed by atoms with Gasteiger partial charge in [0.05, 0.1) is 0 Å². The van der Waals surface area contributed by atoms with E-state index in [2.05, 4.69) is 18.9 Å². The molecule has 64 valence electrons. The van der Waals surface area contributed by atoms with Crippen molar-refractivity contribution in [3.8, 4) is 0 Å². The van der Waals surface area contributed by atoms with Crippen LogP contribution in [0.5, 0.6) is 0 Å². The molecule has 0 N–H and O–H groups in total. The van der Waals surface area contributed by atoms with E-state index in [0.717, 1.165) is 12.5 Å². The Morgan fingerprint density at radius 2 is 2.18 bits per heavy atom. The topological polar surface area (TPSA) is 15.6 Å². The lowest BCUT2D eigenvalue weighted by molar-refractivity contribution is 0.355. The molecule has 1 saturated carbocycles. The fourth-order valence-corrected chi connectivity index (χ4v) is 1.25. The van der Waals surface area contributed by atoms with Crippen molar-refractivity contribution >= 4 is 5.71 Å². The molecule has 0 atom stereocenters. The van der Waals surface area contributed by atoms with Crippen LogP contribution in [0, 0.1) is 5.92 Å². The van der Waals surface area contributed by atoms with E-state index in [1.165, 1.54) is 25.0 Å². The van der Waals surface area contributed by atoms with Crippen LogP contribution in [0.3, 0.4) is 0 Å². The predicted octanol–water partition coefficient (Wildman–Crippen LogP) is 2.11. The van der Waals surface area contributed by atoms with Crippen LogP contribution in [0.4, 0.5) is 0 Å². The van der Waals surface area contributed by atoms with E-state index in [-0.39, 0.29) is 0 Å². The highest BCUT2D eigenvalue weighted by molar-refractivity contribution is 5.84. The van der Waals surface area contributed by atoms with Crippen molar-refractivity contribution < 1.29 is 0 Å². The molecule has 0 aromatic heterocycles. The van der Waals surface area contributed by atoms with Gasteiger partial charge in [0.2, 0.25) is 0 Å². The number of hydrogen-bond donors (Lipinski definition) is 0. The molecule has 0 radical (unpaired) electrons. The maximum Gasteiger partial charge on any atom is 0.0380 e. The first kappa shape index (κ1) is 8.57. The standard InChI is InChI=1S/C9H18N2/c1-4-11(3)10-8(2)9-6-5-7-9/h9H,4-7H2,1-3H3/b10-8+. The van der Waals surface area contributed by atoms with E-state index in [4.69, 9.17) is 0 Å². The summed E-state index contributed by atoms with van der Waals surface area (Å²) < 4.78 is 0. The second-order valence-electron chi connectivity index (χ2n) is 3.34. The van der Waals surface area contributed by atoms with Gasteiger partial charge in [0.15, 0.2) is 0 Å². The maximum atomic E-state index is 4.47. The van der Waals surface area contributed by atoms with Gasteiger partial charge in [-0.1, -0.05) is 6.42 Å². The minimum atomic E-state index is 0.795. The van der Waals surface area contributed by atoms with Crippen molar-refractivity contribution in [3.63, 3.8) is 0 Å². The van der Waals surface area contributed by atoms with Gasteiger partial charge in [0.1, 0.15) is 0 Å². The summed E-state index contributed by atoms with van der Waals surface area (Å²) in [4.78, 5) is 0. The number of nitrogens with zero attached hydrogens (tertiary/aromatic N) is 2. The lowest BCUT2D eigenvalue weighted by Crippen LogP contribution is -2.23. The zero-order valence-corrected chi connectivity index (χ0v) is 7.80. The van der Waals surface area contributed by atoms with Gasteiger partial charge in [-0.2, -0.15) is 5.10 Å². The SMILES string of the molecule is CCN(C)/N=C(\C)C1CCC1. The quantitative estimate of drug-likeness (QED) is 0.449. The van der Waals surface area contributed by atoms with Gasteiger partial charge in [0.25, 0.3) is 0 Å². The Kier molecular flexibility index (Phi) is 2.92. The number of hydrogen-bond acceptors (Lipinski definition) is 2. The predicted molar refractivity (Wildman–Crippen MR) is 48.8 cm³/mol. The number of rotatable bonds is 3. The fourth-order valence-electron chi connectivity index (χ4n) is 1.25. The van der Waals surface area contributed by atoms with Gasteiger partial charge in [-0.3, -0.25) is 0 Å². The van der Waals surface area contributed by atoms with Crippen molar-refractivity contribution in [2.24, 2.45) is 11.0 Å². The molecular formula is C9H18N2. The summed E-state index contributed by atoms with van der Waals surface area (Å²) in [6.07, 6.45) is 4.10. The molecule has 1 fully saturated rings. The zero-order chi connectivity index (χ0) is 8.27. The molecule has 0 aromatic carbocycles. The van der Waals surface area contributed by atoms with E-state index in [1.807, 2.05) is 12.1 Å². The average Bonchev–Trinajstić information content (AvgIpc) is 1.83. The molecule has 0 heterocycles. The van der Waals surface area contributed by atoms with E-state index in [0.29, 0.717) is 0 Å². The molecule has 1 aliphatic carbocycles. The van der Waals surface area contributed by atoms with Gasteiger partial charge in [-0.05, 0) is 32.6 Å². The molecule has 0 unspecified atom stereocenters. The highest BCUT2D eigenvalue weighted by Crippen LogP contribution is 2.27. The van der Waals surface area contributed by atoms with Crippen LogP contribution in [0.2, 0.25) is 0 Å². The summed E-state index contributed by atoms with van der Waals surface area (Å²) in [5, 5.41) is 6.48. The molecule has 0 spiro atoms. The van der Waals surface area contributed by atoms with Crippen molar-refractivity contribution in [3.05, 3.63) is 0 Å². The molecule has 0 bridgehead atoms. The Hall–Kier alpha value is -0.530. The van der Waals surface area contributed by atoms with Crippen molar-refractivity contribution in [2.75, 3.05) is 13.6 Å². The minimum absolute atomic E-state index is 0.795. The zero-order valence-electron chi connectivity index (χ0n) is 7.80. The van der Waals surface area contributed by atoms with Gasteiger partial charge < -0.3 is 5.01 Å². The molecule has 2 heteroatoms. The second kappa shape index (κ2) is 3.74. The summed E-state index contributed by atoms with van der Waals surface area (Å²) in [5.41, 5.74) is 1.32. The van der Waals surface area contributed by atoms with Crippen molar-refractivity contribution in [2.45, 2.75) is 33.1 Å². The van der Waals surface area contributed by atoms with Crippen LogP contribution in [0.1, 0.15) is 33.1 Å². The maximum absolute atomic E-state index is 4.47. The van der Waals surface area contributed by atoms with Crippen LogP contribution < -0.4 is 0 Å². The molecule has 0 aliphatic heterocycles. The second-order valence-corrected chi connectivity index (χ2v) is 3.34. The molecule has 1 aliphatic rings. The van der Waals surface area contributed by atoms with Gasteiger partial charge in [-0.25, -0.2) is 0 Å². The van der Waals surface area contributed by atoms with E-state index < -0.39 is 0 Å².